The highest BCUT2D eigenvalue weighted by molar-refractivity contribution is 7.99. The van der Waals surface area contributed by atoms with Gasteiger partial charge in [0.05, 0.1) is 18.5 Å². The summed E-state index contributed by atoms with van der Waals surface area (Å²) in [5.74, 6) is 1.56. The Morgan fingerprint density at radius 1 is 1.35 bits per heavy atom. The third kappa shape index (κ3) is 10.7. The zero-order chi connectivity index (χ0) is 13.8. The molecule has 1 saturated heterocycles. The maximum Gasteiger partial charge on any atom is 0.230 e. The summed E-state index contributed by atoms with van der Waals surface area (Å²) < 4.78 is 10.5. The fraction of sp³-hybridized carbons (Fsp3) is 0.923. The number of halogens is 1. The van der Waals surface area contributed by atoms with Gasteiger partial charge >= 0.3 is 0 Å². The molecule has 1 unspecified atom stereocenters. The minimum absolute atomic E-state index is 0. The lowest BCUT2D eigenvalue weighted by Gasteiger charge is -2.21. The molecule has 120 valence electrons. The summed E-state index contributed by atoms with van der Waals surface area (Å²) in [6.45, 7) is 3.85. The van der Waals surface area contributed by atoms with Crippen molar-refractivity contribution in [1.29, 1.82) is 0 Å². The first-order valence-electron chi connectivity index (χ1n) is 6.98. The van der Waals surface area contributed by atoms with Crippen LogP contribution in [0.25, 0.3) is 0 Å². The number of carbonyl (C=O) groups excluding carboxylic acids is 1. The molecule has 0 spiro atoms. The molecule has 0 bridgehead atoms. The Kier molecular flexibility index (Phi) is 13.9. The summed E-state index contributed by atoms with van der Waals surface area (Å²) in [5.41, 5.74) is 0. The number of thioether (sulfide) groups is 1. The summed E-state index contributed by atoms with van der Waals surface area (Å²) in [6, 6.07) is 0. The predicted molar refractivity (Wildman–Crippen MR) is 85.9 cm³/mol. The average molecular weight is 327 g/mol. The van der Waals surface area contributed by atoms with Crippen LogP contribution in [0.1, 0.15) is 19.3 Å². The standard InChI is InChI=1S/C13H26N2O3S.ClH/c1-17-9-7-14-5-6-15-13(16)11-19-10-12-4-2-3-8-18-12;/h12,14H,2-11H2,1H3,(H,15,16);1H. The van der Waals surface area contributed by atoms with Crippen molar-refractivity contribution in [3.8, 4) is 0 Å². The molecule has 0 aromatic carbocycles. The Morgan fingerprint density at radius 3 is 2.90 bits per heavy atom. The van der Waals surface area contributed by atoms with E-state index in [9.17, 15) is 4.79 Å². The molecule has 5 nitrogen and oxygen atoms in total. The highest BCUT2D eigenvalue weighted by Gasteiger charge is 2.14. The summed E-state index contributed by atoms with van der Waals surface area (Å²) in [4.78, 5) is 11.5. The number of ether oxygens (including phenoxy) is 2. The Balaban J connectivity index is 0.00000361. The molecule has 0 aliphatic carbocycles. The van der Waals surface area contributed by atoms with Gasteiger partial charge in [0.1, 0.15) is 0 Å². The Bertz CT molecular complexity index is 242. The van der Waals surface area contributed by atoms with E-state index >= 15 is 0 Å². The molecular weight excluding hydrogens is 300 g/mol. The molecular formula is C13H27ClN2O3S. The second-order valence-corrected chi connectivity index (χ2v) is 5.63. The number of carbonyl (C=O) groups is 1. The zero-order valence-electron chi connectivity index (χ0n) is 12.2. The van der Waals surface area contributed by atoms with Gasteiger partial charge in [0.2, 0.25) is 5.91 Å². The van der Waals surface area contributed by atoms with Crippen LogP contribution in [0.2, 0.25) is 0 Å². The molecule has 1 amide bonds. The second-order valence-electron chi connectivity index (χ2n) is 4.60. The largest absolute Gasteiger partial charge is 0.383 e. The van der Waals surface area contributed by atoms with E-state index in [0.717, 1.165) is 31.9 Å². The van der Waals surface area contributed by atoms with E-state index in [2.05, 4.69) is 10.6 Å². The van der Waals surface area contributed by atoms with Gasteiger partial charge in [-0.2, -0.15) is 0 Å². The van der Waals surface area contributed by atoms with Crippen LogP contribution in [-0.2, 0) is 14.3 Å². The molecule has 7 heteroatoms. The molecule has 20 heavy (non-hydrogen) atoms. The first-order chi connectivity index (χ1) is 9.33. The van der Waals surface area contributed by atoms with Crippen molar-refractivity contribution in [3.05, 3.63) is 0 Å². The normalized spacial score (nSPS) is 18.4. The lowest BCUT2D eigenvalue weighted by Crippen LogP contribution is -2.34. The Morgan fingerprint density at radius 2 is 2.20 bits per heavy atom. The smallest absolute Gasteiger partial charge is 0.230 e. The van der Waals surface area contributed by atoms with Gasteiger partial charge < -0.3 is 20.1 Å². The maximum absolute atomic E-state index is 11.5. The van der Waals surface area contributed by atoms with Crippen LogP contribution >= 0.6 is 24.2 Å². The number of hydrogen-bond donors (Lipinski definition) is 2. The van der Waals surface area contributed by atoms with Crippen molar-refractivity contribution in [2.75, 3.05) is 51.5 Å². The molecule has 1 atom stereocenters. The van der Waals surface area contributed by atoms with Crippen LogP contribution in [0.5, 0.6) is 0 Å². The maximum atomic E-state index is 11.5. The minimum Gasteiger partial charge on any atom is -0.383 e. The summed E-state index contributed by atoms with van der Waals surface area (Å²) in [6.07, 6.45) is 3.92. The molecule has 1 aliphatic rings. The van der Waals surface area contributed by atoms with Gasteiger partial charge in [-0.15, -0.1) is 24.2 Å². The van der Waals surface area contributed by atoms with Crippen LogP contribution in [0, 0.1) is 0 Å². The number of rotatable bonds is 10. The van der Waals surface area contributed by atoms with Crippen LogP contribution in [0.4, 0.5) is 0 Å². The molecule has 1 fully saturated rings. The van der Waals surface area contributed by atoms with Crippen molar-refractivity contribution in [3.63, 3.8) is 0 Å². The minimum atomic E-state index is 0. The molecule has 0 aromatic rings. The van der Waals surface area contributed by atoms with Gasteiger partial charge in [-0.3, -0.25) is 4.79 Å². The van der Waals surface area contributed by atoms with Crippen molar-refractivity contribution in [1.82, 2.24) is 10.6 Å². The van der Waals surface area contributed by atoms with Crippen LogP contribution in [-0.4, -0.2) is 63.5 Å². The van der Waals surface area contributed by atoms with Gasteiger partial charge in [0, 0.05) is 39.1 Å². The molecule has 1 heterocycles. The van der Waals surface area contributed by atoms with Gasteiger partial charge in [0.15, 0.2) is 0 Å². The van der Waals surface area contributed by atoms with Gasteiger partial charge in [-0.05, 0) is 19.3 Å². The summed E-state index contributed by atoms with van der Waals surface area (Å²) >= 11 is 1.66. The van der Waals surface area contributed by atoms with Crippen LogP contribution in [0.15, 0.2) is 0 Å². The predicted octanol–water partition coefficient (Wildman–Crippen LogP) is 1.06. The van der Waals surface area contributed by atoms with E-state index in [1.807, 2.05) is 0 Å². The first kappa shape index (κ1) is 20.0. The van der Waals surface area contributed by atoms with Crippen molar-refractivity contribution < 1.29 is 14.3 Å². The van der Waals surface area contributed by atoms with Gasteiger partial charge in [-0.1, -0.05) is 0 Å². The lowest BCUT2D eigenvalue weighted by atomic mass is 10.1. The monoisotopic (exact) mass is 326 g/mol. The van der Waals surface area contributed by atoms with Crippen molar-refractivity contribution >= 4 is 30.1 Å². The third-order valence-corrected chi connectivity index (χ3v) is 3.99. The number of nitrogens with one attached hydrogen (secondary N) is 2. The topological polar surface area (TPSA) is 59.6 Å². The molecule has 0 saturated carbocycles. The molecule has 2 N–H and O–H groups in total. The summed E-state index contributed by atoms with van der Waals surface area (Å²) in [5, 5.41) is 6.08. The molecule has 1 aliphatic heterocycles. The average Bonchev–Trinajstić information content (AvgIpc) is 2.44. The SMILES string of the molecule is COCCNCCNC(=O)CSCC1CCCCO1.Cl. The van der Waals surface area contributed by atoms with Crippen LogP contribution < -0.4 is 10.6 Å². The van der Waals surface area contributed by atoms with E-state index in [1.54, 1.807) is 18.9 Å². The highest BCUT2D eigenvalue weighted by atomic mass is 35.5. The molecule has 0 aromatic heterocycles. The quantitative estimate of drug-likeness (QED) is 0.588. The fourth-order valence-electron chi connectivity index (χ4n) is 1.86. The molecule has 1 rings (SSSR count). The number of methoxy groups -OCH3 is 1. The van der Waals surface area contributed by atoms with Crippen LogP contribution in [0.3, 0.4) is 0 Å². The fourth-order valence-corrected chi connectivity index (χ4v) is 2.79. The molecule has 0 radical (unpaired) electrons. The van der Waals surface area contributed by atoms with E-state index in [4.69, 9.17) is 9.47 Å². The van der Waals surface area contributed by atoms with Gasteiger partial charge in [0.25, 0.3) is 0 Å². The van der Waals surface area contributed by atoms with E-state index < -0.39 is 0 Å². The van der Waals surface area contributed by atoms with E-state index in [1.165, 1.54) is 12.8 Å². The first-order valence-corrected chi connectivity index (χ1v) is 8.14. The second kappa shape index (κ2) is 13.9. The van der Waals surface area contributed by atoms with Crippen molar-refractivity contribution in [2.24, 2.45) is 0 Å². The third-order valence-electron chi connectivity index (χ3n) is 2.92. The van der Waals surface area contributed by atoms with E-state index in [-0.39, 0.29) is 18.3 Å². The van der Waals surface area contributed by atoms with Gasteiger partial charge in [-0.25, -0.2) is 0 Å². The number of hydrogen-bond acceptors (Lipinski definition) is 5. The number of amides is 1. The Hall–Kier alpha value is -0.0100. The summed E-state index contributed by atoms with van der Waals surface area (Å²) in [7, 11) is 1.68. The lowest BCUT2D eigenvalue weighted by molar-refractivity contribution is -0.118. The Labute approximate surface area is 132 Å². The highest BCUT2D eigenvalue weighted by Crippen LogP contribution is 2.16. The van der Waals surface area contributed by atoms with E-state index in [0.29, 0.717) is 25.0 Å². The zero-order valence-corrected chi connectivity index (χ0v) is 13.8. The van der Waals surface area contributed by atoms with Crippen molar-refractivity contribution in [2.45, 2.75) is 25.4 Å².